The van der Waals surface area contributed by atoms with E-state index in [-0.39, 0.29) is 11.2 Å². The molecule has 1 aromatic carbocycles. The molecule has 2 nitrogen and oxygen atoms in total. The van der Waals surface area contributed by atoms with Crippen molar-refractivity contribution >= 4 is 0 Å². The van der Waals surface area contributed by atoms with Crippen molar-refractivity contribution in [2.45, 2.75) is 40.3 Å². The fourth-order valence-electron chi connectivity index (χ4n) is 2.65. The zero-order valence-electron chi connectivity index (χ0n) is 12.7. The summed E-state index contributed by atoms with van der Waals surface area (Å²) in [4.78, 5) is 2.29. The van der Waals surface area contributed by atoms with E-state index in [0.717, 1.165) is 30.6 Å². The van der Waals surface area contributed by atoms with Gasteiger partial charge >= 0.3 is 0 Å². The molecule has 0 saturated heterocycles. The smallest absolute Gasteiger partial charge is 0.127 e. The Balaban J connectivity index is 2.04. The van der Waals surface area contributed by atoms with Gasteiger partial charge in [0.05, 0.1) is 0 Å². The van der Waals surface area contributed by atoms with Gasteiger partial charge in [-0.3, -0.25) is 4.90 Å². The van der Waals surface area contributed by atoms with Gasteiger partial charge in [-0.1, -0.05) is 44.6 Å². The van der Waals surface area contributed by atoms with Crippen molar-refractivity contribution in [1.29, 1.82) is 0 Å². The molecule has 1 heterocycles. The minimum atomic E-state index is -0.132. The highest BCUT2D eigenvalue weighted by molar-refractivity contribution is 5.25. The first kappa shape index (κ1) is 15.2. The molecule has 1 aliphatic heterocycles. The summed E-state index contributed by atoms with van der Waals surface area (Å²) >= 11 is 0. The molecule has 0 amide bonds. The lowest BCUT2D eigenvalue weighted by atomic mass is 9.83. The summed E-state index contributed by atoms with van der Waals surface area (Å²) in [6.07, 6.45) is 3.37. The maximum absolute atomic E-state index is 13.8. The Hall–Kier alpha value is -1.19. The van der Waals surface area contributed by atoms with Crippen LogP contribution in [0.25, 0.3) is 0 Å². The highest BCUT2D eigenvalue weighted by Crippen LogP contribution is 2.30. The molecule has 0 spiro atoms. The SMILES string of the molecule is CC(C)(C)C1=CCN(Cc2cc(CN)ccc2F)CC1. The lowest BCUT2D eigenvalue weighted by Gasteiger charge is -2.32. The Morgan fingerprint density at radius 3 is 2.60 bits per heavy atom. The van der Waals surface area contributed by atoms with Crippen LogP contribution in [-0.2, 0) is 13.1 Å². The van der Waals surface area contributed by atoms with E-state index in [4.69, 9.17) is 5.73 Å². The van der Waals surface area contributed by atoms with Crippen molar-refractivity contribution in [1.82, 2.24) is 4.90 Å². The second kappa shape index (κ2) is 6.06. The summed E-state index contributed by atoms with van der Waals surface area (Å²) in [6, 6.07) is 5.17. The summed E-state index contributed by atoms with van der Waals surface area (Å²) in [6.45, 7) is 9.76. The topological polar surface area (TPSA) is 29.3 Å². The normalized spacial score (nSPS) is 17.1. The molecule has 1 aliphatic rings. The maximum Gasteiger partial charge on any atom is 0.127 e. The van der Waals surface area contributed by atoms with E-state index in [1.54, 1.807) is 6.07 Å². The molecular formula is C17H25FN2. The molecule has 1 aromatic rings. The van der Waals surface area contributed by atoms with E-state index in [1.807, 2.05) is 6.07 Å². The summed E-state index contributed by atoms with van der Waals surface area (Å²) in [5.41, 5.74) is 9.11. The lowest BCUT2D eigenvalue weighted by molar-refractivity contribution is 0.268. The molecule has 20 heavy (non-hydrogen) atoms. The molecule has 0 saturated carbocycles. The summed E-state index contributed by atoms with van der Waals surface area (Å²) in [5, 5.41) is 0. The third kappa shape index (κ3) is 3.68. The first-order valence-electron chi connectivity index (χ1n) is 7.29. The van der Waals surface area contributed by atoms with Crippen LogP contribution in [-0.4, -0.2) is 18.0 Å². The molecular weight excluding hydrogens is 251 g/mol. The highest BCUT2D eigenvalue weighted by Gasteiger charge is 2.21. The second-order valence-electron chi connectivity index (χ2n) is 6.59. The average molecular weight is 276 g/mol. The van der Waals surface area contributed by atoms with Gasteiger partial charge in [0.25, 0.3) is 0 Å². The van der Waals surface area contributed by atoms with E-state index in [1.165, 1.54) is 11.6 Å². The van der Waals surface area contributed by atoms with Gasteiger partial charge < -0.3 is 5.73 Å². The summed E-state index contributed by atoms with van der Waals surface area (Å²) < 4.78 is 13.8. The van der Waals surface area contributed by atoms with E-state index in [9.17, 15) is 4.39 Å². The third-order valence-electron chi connectivity index (χ3n) is 4.00. The molecule has 0 radical (unpaired) electrons. The minimum absolute atomic E-state index is 0.132. The van der Waals surface area contributed by atoms with E-state index in [2.05, 4.69) is 31.7 Å². The number of hydrogen-bond acceptors (Lipinski definition) is 2. The van der Waals surface area contributed by atoms with Crippen molar-refractivity contribution in [3.05, 3.63) is 46.8 Å². The quantitative estimate of drug-likeness (QED) is 0.857. The predicted molar refractivity (Wildman–Crippen MR) is 81.7 cm³/mol. The Morgan fingerprint density at radius 1 is 1.30 bits per heavy atom. The summed E-state index contributed by atoms with van der Waals surface area (Å²) in [7, 11) is 0. The van der Waals surface area contributed by atoms with E-state index in [0.29, 0.717) is 13.1 Å². The van der Waals surface area contributed by atoms with Gasteiger partial charge in [-0.25, -0.2) is 4.39 Å². The second-order valence-corrected chi connectivity index (χ2v) is 6.59. The fraction of sp³-hybridized carbons (Fsp3) is 0.529. The first-order valence-corrected chi connectivity index (χ1v) is 7.29. The number of nitrogens with zero attached hydrogens (tertiary/aromatic N) is 1. The van der Waals surface area contributed by atoms with Crippen molar-refractivity contribution in [2.75, 3.05) is 13.1 Å². The zero-order chi connectivity index (χ0) is 14.8. The maximum atomic E-state index is 13.8. The van der Waals surface area contributed by atoms with Crippen LogP contribution >= 0.6 is 0 Å². The third-order valence-corrected chi connectivity index (χ3v) is 4.00. The number of benzene rings is 1. The van der Waals surface area contributed by atoms with Crippen molar-refractivity contribution < 1.29 is 4.39 Å². The van der Waals surface area contributed by atoms with Gasteiger partial charge in [0.2, 0.25) is 0 Å². The van der Waals surface area contributed by atoms with Crippen molar-refractivity contribution in [3.8, 4) is 0 Å². The molecule has 0 atom stereocenters. The van der Waals surface area contributed by atoms with Gasteiger partial charge in [-0.2, -0.15) is 0 Å². The molecule has 2 N–H and O–H groups in total. The molecule has 0 bridgehead atoms. The van der Waals surface area contributed by atoms with Crippen LogP contribution in [0, 0.1) is 11.2 Å². The zero-order valence-corrected chi connectivity index (χ0v) is 12.7. The van der Waals surface area contributed by atoms with Gasteiger partial charge in [0.1, 0.15) is 5.82 Å². The largest absolute Gasteiger partial charge is 0.326 e. The van der Waals surface area contributed by atoms with Crippen LogP contribution in [0.5, 0.6) is 0 Å². The standard InChI is InChI=1S/C17H25FN2/c1-17(2,3)15-6-8-20(9-7-15)12-14-10-13(11-19)4-5-16(14)18/h4-6,10H,7-9,11-12,19H2,1-3H3. The molecule has 3 heteroatoms. The van der Waals surface area contributed by atoms with Crippen molar-refractivity contribution in [3.63, 3.8) is 0 Å². The molecule has 0 aliphatic carbocycles. The predicted octanol–water partition coefficient (Wildman–Crippen LogP) is 3.46. The van der Waals surface area contributed by atoms with E-state index < -0.39 is 0 Å². The molecule has 110 valence electrons. The Kier molecular flexibility index (Phi) is 4.61. The monoisotopic (exact) mass is 276 g/mol. The fourth-order valence-corrected chi connectivity index (χ4v) is 2.65. The number of halogens is 1. The molecule has 2 rings (SSSR count). The first-order chi connectivity index (χ1) is 9.40. The van der Waals surface area contributed by atoms with Gasteiger partial charge in [0.15, 0.2) is 0 Å². The van der Waals surface area contributed by atoms with Gasteiger partial charge in [-0.15, -0.1) is 0 Å². The number of rotatable bonds is 3. The van der Waals surface area contributed by atoms with Crippen LogP contribution in [0.3, 0.4) is 0 Å². The Morgan fingerprint density at radius 2 is 2.05 bits per heavy atom. The summed E-state index contributed by atoms with van der Waals surface area (Å²) in [5.74, 6) is -0.132. The minimum Gasteiger partial charge on any atom is -0.326 e. The van der Waals surface area contributed by atoms with Crippen LogP contribution in [0.15, 0.2) is 29.8 Å². The molecule has 0 unspecified atom stereocenters. The Bertz CT molecular complexity index is 500. The van der Waals surface area contributed by atoms with Crippen LogP contribution in [0.2, 0.25) is 0 Å². The van der Waals surface area contributed by atoms with Crippen LogP contribution in [0.4, 0.5) is 4.39 Å². The van der Waals surface area contributed by atoms with Crippen LogP contribution in [0.1, 0.15) is 38.3 Å². The van der Waals surface area contributed by atoms with Gasteiger partial charge in [0, 0.05) is 31.7 Å². The van der Waals surface area contributed by atoms with Crippen LogP contribution < -0.4 is 5.73 Å². The van der Waals surface area contributed by atoms with Gasteiger partial charge in [-0.05, 0) is 23.5 Å². The lowest BCUT2D eigenvalue weighted by Crippen LogP contribution is -2.31. The molecule has 0 fully saturated rings. The average Bonchev–Trinajstić information content (AvgIpc) is 2.41. The molecule has 0 aromatic heterocycles. The number of nitrogens with two attached hydrogens (primary N) is 1. The van der Waals surface area contributed by atoms with Crippen molar-refractivity contribution in [2.24, 2.45) is 11.1 Å². The number of hydrogen-bond donors (Lipinski definition) is 1. The highest BCUT2D eigenvalue weighted by atomic mass is 19.1. The Labute approximate surface area is 121 Å². The van der Waals surface area contributed by atoms with E-state index >= 15 is 0 Å².